The molecule has 98 valence electrons. The normalized spacial score (nSPS) is 14.8. The highest BCUT2D eigenvalue weighted by atomic mass is 16.5. The molecule has 1 rings (SSSR count). The van der Waals surface area contributed by atoms with Crippen LogP contribution in [-0.2, 0) is 11.8 Å². The first-order valence-corrected chi connectivity index (χ1v) is 6.39. The van der Waals surface area contributed by atoms with Crippen LogP contribution in [0, 0.1) is 5.92 Å². The van der Waals surface area contributed by atoms with E-state index in [1.807, 2.05) is 17.9 Å². The van der Waals surface area contributed by atoms with Gasteiger partial charge in [0.05, 0.1) is 11.7 Å². The van der Waals surface area contributed by atoms with Gasteiger partial charge in [-0.1, -0.05) is 13.8 Å². The van der Waals surface area contributed by atoms with Gasteiger partial charge in [-0.3, -0.25) is 4.68 Å². The Hall–Kier alpha value is -0.870. The molecule has 1 aromatic rings. The van der Waals surface area contributed by atoms with E-state index in [9.17, 15) is 0 Å². The van der Waals surface area contributed by atoms with E-state index in [1.165, 1.54) is 0 Å². The quantitative estimate of drug-likeness (QED) is 0.755. The summed E-state index contributed by atoms with van der Waals surface area (Å²) in [7, 11) is 3.71. The Balaban J connectivity index is 2.60. The fraction of sp³-hybridized carbons (Fsp3) is 0.769. The minimum atomic E-state index is 0.335. The second-order valence-corrected chi connectivity index (χ2v) is 4.72. The smallest absolute Gasteiger partial charge is 0.0793 e. The van der Waals surface area contributed by atoms with Gasteiger partial charge in [-0.05, 0) is 31.4 Å². The lowest BCUT2D eigenvalue weighted by Gasteiger charge is -2.20. The number of hydrogen-bond acceptors (Lipinski definition) is 3. The van der Waals surface area contributed by atoms with E-state index in [2.05, 4.69) is 30.3 Å². The molecule has 0 saturated carbocycles. The first-order valence-electron chi connectivity index (χ1n) is 6.39. The number of ether oxygens (including phenoxy) is 1. The number of aromatic nitrogens is 2. The molecule has 1 aromatic heterocycles. The fourth-order valence-electron chi connectivity index (χ4n) is 2.00. The maximum atomic E-state index is 5.20. The van der Waals surface area contributed by atoms with Crippen molar-refractivity contribution in [2.75, 3.05) is 20.3 Å². The van der Waals surface area contributed by atoms with Gasteiger partial charge in [-0.2, -0.15) is 5.10 Å². The SMILES string of the molecule is CCCNC(CC(C)COC)c1ccn(C)n1. The van der Waals surface area contributed by atoms with Crippen LogP contribution < -0.4 is 5.32 Å². The molecule has 0 amide bonds. The zero-order valence-electron chi connectivity index (χ0n) is 11.4. The summed E-state index contributed by atoms with van der Waals surface area (Å²) >= 11 is 0. The van der Waals surface area contributed by atoms with Gasteiger partial charge in [0.2, 0.25) is 0 Å². The summed E-state index contributed by atoms with van der Waals surface area (Å²) in [5.74, 6) is 0.538. The molecule has 0 fully saturated rings. The first kappa shape index (κ1) is 14.2. The lowest BCUT2D eigenvalue weighted by atomic mass is 10.00. The van der Waals surface area contributed by atoms with E-state index in [-0.39, 0.29) is 0 Å². The van der Waals surface area contributed by atoms with Crippen molar-refractivity contribution in [3.05, 3.63) is 18.0 Å². The van der Waals surface area contributed by atoms with Crippen molar-refractivity contribution in [2.24, 2.45) is 13.0 Å². The Morgan fingerprint density at radius 3 is 2.82 bits per heavy atom. The van der Waals surface area contributed by atoms with Crippen LogP contribution in [0.15, 0.2) is 12.3 Å². The standard InChI is InChI=1S/C13H25N3O/c1-5-7-14-13(9-11(2)10-17-4)12-6-8-16(3)15-12/h6,8,11,13-14H,5,7,9-10H2,1-4H3. The molecule has 4 nitrogen and oxygen atoms in total. The molecule has 0 aliphatic carbocycles. The summed E-state index contributed by atoms with van der Waals surface area (Å²) in [6.07, 6.45) is 4.20. The highest BCUT2D eigenvalue weighted by molar-refractivity contribution is 5.05. The van der Waals surface area contributed by atoms with Crippen molar-refractivity contribution >= 4 is 0 Å². The Labute approximate surface area is 104 Å². The van der Waals surface area contributed by atoms with E-state index in [0.29, 0.717) is 12.0 Å². The van der Waals surface area contributed by atoms with Gasteiger partial charge in [0, 0.05) is 27.0 Å². The van der Waals surface area contributed by atoms with Crippen LogP contribution in [0.4, 0.5) is 0 Å². The van der Waals surface area contributed by atoms with E-state index < -0.39 is 0 Å². The number of nitrogens with zero attached hydrogens (tertiary/aromatic N) is 2. The topological polar surface area (TPSA) is 39.1 Å². The van der Waals surface area contributed by atoms with Crippen molar-refractivity contribution < 1.29 is 4.74 Å². The Morgan fingerprint density at radius 2 is 2.29 bits per heavy atom. The average Bonchev–Trinajstić information content (AvgIpc) is 2.71. The zero-order chi connectivity index (χ0) is 12.7. The Morgan fingerprint density at radius 1 is 1.53 bits per heavy atom. The molecule has 0 saturated heterocycles. The third-order valence-electron chi connectivity index (χ3n) is 2.82. The van der Waals surface area contributed by atoms with Crippen molar-refractivity contribution in [3.63, 3.8) is 0 Å². The minimum Gasteiger partial charge on any atom is -0.384 e. The van der Waals surface area contributed by atoms with Crippen LogP contribution in [0.2, 0.25) is 0 Å². The molecular formula is C13H25N3O. The van der Waals surface area contributed by atoms with Gasteiger partial charge in [-0.25, -0.2) is 0 Å². The first-order chi connectivity index (χ1) is 8.17. The summed E-state index contributed by atoms with van der Waals surface area (Å²) in [4.78, 5) is 0. The van der Waals surface area contributed by atoms with Gasteiger partial charge in [0.1, 0.15) is 0 Å². The molecule has 0 aliphatic heterocycles. The van der Waals surface area contributed by atoms with Crippen LogP contribution >= 0.6 is 0 Å². The van der Waals surface area contributed by atoms with Gasteiger partial charge in [0.15, 0.2) is 0 Å². The van der Waals surface area contributed by atoms with Crippen LogP contribution in [0.25, 0.3) is 0 Å². The largest absolute Gasteiger partial charge is 0.384 e. The van der Waals surface area contributed by atoms with Gasteiger partial charge < -0.3 is 10.1 Å². The molecule has 0 aliphatic rings. The fourth-order valence-corrected chi connectivity index (χ4v) is 2.00. The second-order valence-electron chi connectivity index (χ2n) is 4.72. The van der Waals surface area contributed by atoms with Gasteiger partial charge in [0.25, 0.3) is 0 Å². The van der Waals surface area contributed by atoms with Crippen molar-refractivity contribution in [1.82, 2.24) is 15.1 Å². The lowest BCUT2D eigenvalue weighted by molar-refractivity contribution is 0.149. The highest BCUT2D eigenvalue weighted by Gasteiger charge is 2.16. The van der Waals surface area contributed by atoms with Gasteiger partial charge >= 0.3 is 0 Å². The number of aryl methyl sites for hydroxylation is 1. The average molecular weight is 239 g/mol. The molecule has 2 unspecified atom stereocenters. The number of hydrogen-bond donors (Lipinski definition) is 1. The summed E-state index contributed by atoms with van der Waals surface area (Å²) in [6, 6.07) is 2.42. The Kier molecular flexibility index (Phi) is 6.22. The summed E-state index contributed by atoms with van der Waals surface area (Å²) in [6.45, 7) is 6.23. The van der Waals surface area contributed by atoms with Crippen molar-refractivity contribution in [1.29, 1.82) is 0 Å². The highest BCUT2D eigenvalue weighted by Crippen LogP contribution is 2.20. The molecule has 0 aromatic carbocycles. The third kappa shape index (κ3) is 4.88. The number of rotatable bonds is 8. The van der Waals surface area contributed by atoms with Crippen LogP contribution in [0.3, 0.4) is 0 Å². The molecule has 4 heteroatoms. The molecule has 1 N–H and O–H groups in total. The predicted molar refractivity (Wildman–Crippen MR) is 69.9 cm³/mol. The van der Waals surface area contributed by atoms with E-state index in [1.54, 1.807) is 7.11 Å². The molecule has 0 radical (unpaired) electrons. The predicted octanol–water partition coefficient (Wildman–Crippen LogP) is 2.13. The molecule has 0 bridgehead atoms. The maximum absolute atomic E-state index is 5.20. The third-order valence-corrected chi connectivity index (χ3v) is 2.82. The summed E-state index contributed by atoms with van der Waals surface area (Å²) in [5, 5.41) is 8.05. The van der Waals surface area contributed by atoms with Crippen LogP contribution in [-0.4, -0.2) is 30.0 Å². The van der Waals surface area contributed by atoms with Gasteiger partial charge in [-0.15, -0.1) is 0 Å². The van der Waals surface area contributed by atoms with E-state index in [4.69, 9.17) is 4.74 Å². The molecular weight excluding hydrogens is 214 g/mol. The van der Waals surface area contributed by atoms with Crippen molar-refractivity contribution in [2.45, 2.75) is 32.7 Å². The monoisotopic (exact) mass is 239 g/mol. The molecule has 0 spiro atoms. The summed E-state index contributed by atoms with van der Waals surface area (Å²) < 4.78 is 7.05. The van der Waals surface area contributed by atoms with E-state index >= 15 is 0 Å². The second kappa shape index (κ2) is 7.45. The molecule has 17 heavy (non-hydrogen) atoms. The lowest BCUT2D eigenvalue weighted by Crippen LogP contribution is -2.25. The van der Waals surface area contributed by atoms with Crippen LogP contribution in [0.5, 0.6) is 0 Å². The zero-order valence-corrected chi connectivity index (χ0v) is 11.4. The number of nitrogens with one attached hydrogen (secondary N) is 1. The number of methoxy groups -OCH3 is 1. The minimum absolute atomic E-state index is 0.335. The van der Waals surface area contributed by atoms with Crippen LogP contribution in [0.1, 0.15) is 38.4 Å². The Bertz CT molecular complexity index is 311. The molecule has 2 atom stereocenters. The maximum Gasteiger partial charge on any atom is 0.0793 e. The van der Waals surface area contributed by atoms with E-state index in [0.717, 1.165) is 31.7 Å². The molecule has 1 heterocycles. The van der Waals surface area contributed by atoms with Crippen molar-refractivity contribution in [3.8, 4) is 0 Å². The summed E-state index contributed by atoms with van der Waals surface area (Å²) in [5.41, 5.74) is 1.13.